The zero-order valence-corrected chi connectivity index (χ0v) is 16.0. The highest BCUT2D eigenvalue weighted by Crippen LogP contribution is 2.25. The number of anilines is 1. The summed E-state index contributed by atoms with van der Waals surface area (Å²) in [7, 11) is 0. The zero-order chi connectivity index (χ0) is 20.5. The fourth-order valence-electron chi connectivity index (χ4n) is 3.04. The van der Waals surface area contributed by atoms with E-state index < -0.39 is 17.2 Å². The fraction of sp³-hybridized carbons (Fsp3) is 0.100. The Morgan fingerprint density at radius 3 is 2.72 bits per heavy atom. The van der Waals surface area contributed by atoms with E-state index in [2.05, 4.69) is 15.0 Å². The van der Waals surface area contributed by atoms with Gasteiger partial charge in [0.05, 0.1) is 23.3 Å². The molecule has 1 aromatic carbocycles. The molecule has 6 nitrogen and oxygen atoms in total. The molecule has 9 heteroatoms. The Balaban J connectivity index is 1.86. The Morgan fingerprint density at radius 1 is 1.21 bits per heavy atom. The van der Waals surface area contributed by atoms with E-state index in [1.807, 2.05) is 0 Å². The van der Waals surface area contributed by atoms with Crippen molar-refractivity contribution in [3.8, 4) is 0 Å². The largest absolute Gasteiger partial charge is 0.319 e. The molecule has 0 saturated carbocycles. The van der Waals surface area contributed by atoms with Crippen LogP contribution >= 0.6 is 11.3 Å². The number of hydrogen-bond donors (Lipinski definition) is 1. The van der Waals surface area contributed by atoms with Crippen molar-refractivity contribution in [2.75, 3.05) is 4.90 Å². The number of amides is 1. The summed E-state index contributed by atoms with van der Waals surface area (Å²) in [4.78, 5) is 37.8. The highest BCUT2D eigenvalue weighted by Gasteiger charge is 2.24. The summed E-state index contributed by atoms with van der Waals surface area (Å²) in [5.41, 5.74) is 1.67. The number of benzene rings is 1. The van der Waals surface area contributed by atoms with Gasteiger partial charge in [0, 0.05) is 17.6 Å². The minimum absolute atomic E-state index is 0.0569. The SMILES string of the molecule is Cc1ncsc1C(=O)N(Cc1cc(=O)[nH]c2c(F)c(F)ccc12)c1ccccn1. The molecule has 0 radical (unpaired) electrons. The fourth-order valence-corrected chi connectivity index (χ4v) is 3.79. The molecule has 146 valence electrons. The van der Waals surface area contributed by atoms with Crippen LogP contribution in [0.5, 0.6) is 0 Å². The smallest absolute Gasteiger partial charge is 0.271 e. The first-order valence-corrected chi connectivity index (χ1v) is 9.46. The number of hydrogen-bond acceptors (Lipinski definition) is 5. The standard InChI is InChI=1S/C20H14F2N4O2S/c1-11-19(29-10-24-11)20(28)26(15-4-2-3-7-23-15)9-12-8-16(27)25-18-13(12)5-6-14(21)17(18)22/h2-8,10H,9H2,1H3,(H,25,27). The second-order valence-corrected chi connectivity index (χ2v) is 7.14. The maximum atomic E-state index is 14.2. The Hall–Kier alpha value is -3.46. The first-order valence-electron chi connectivity index (χ1n) is 8.58. The van der Waals surface area contributed by atoms with Crippen LogP contribution in [0.15, 0.2) is 52.9 Å². The van der Waals surface area contributed by atoms with Gasteiger partial charge in [0.2, 0.25) is 5.56 Å². The number of carbonyl (C=O) groups is 1. The number of aromatic amines is 1. The summed E-state index contributed by atoms with van der Waals surface area (Å²) >= 11 is 1.19. The molecule has 0 bridgehead atoms. The van der Waals surface area contributed by atoms with Gasteiger partial charge < -0.3 is 4.98 Å². The van der Waals surface area contributed by atoms with E-state index in [9.17, 15) is 18.4 Å². The summed E-state index contributed by atoms with van der Waals surface area (Å²) in [5, 5.41) is 0.304. The van der Waals surface area contributed by atoms with Crippen LogP contribution in [0.4, 0.5) is 14.6 Å². The minimum Gasteiger partial charge on any atom is -0.319 e. The van der Waals surface area contributed by atoms with Crippen molar-refractivity contribution in [3.05, 3.63) is 86.2 Å². The number of nitrogens with one attached hydrogen (secondary N) is 1. The molecule has 0 unspecified atom stereocenters. The number of halogens is 2. The molecule has 1 N–H and O–H groups in total. The van der Waals surface area contributed by atoms with E-state index in [0.29, 0.717) is 27.3 Å². The lowest BCUT2D eigenvalue weighted by Crippen LogP contribution is -2.31. The molecule has 3 heterocycles. The van der Waals surface area contributed by atoms with Crippen LogP contribution in [0.2, 0.25) is 0 Å². The van der Waals surface area contributed by atoms with E-state index in [1.165, 1.54) is 28.4 Å². The number of pyridine rings is 2. The molecular weight excluding hydrogens is 398 g/mol. The lowest BCUT2D eigenvalue weighted by atomic mass is 10.1. The van der Waals surface area contributed by atoms with E-state index in [1.54, 1.807) is 36.8 Å². The molecule has 0 spiro atoms. The summed E-state index contributed by atoms with van der Waals surface area (Å²) in [6.07, 6.45) is 1.54. The highest BCUT2D eigenvalue weighted by molar-refractivity contribution is 7.12. The number of aryl methyl sites for hydroxylation is 1. The number of thiazole rings is 1. The Kier molecular flexibility index (Phi) is 4.89. The predicted octanol–water partition coefficient (Wildman–Crippen LogP) is 3.81. The van der Waals surface area contributed by atoms with Crippen LogP contribution in [0.25, 0.3) is 10.9 Å². The normalized spacial score (nSPS) is 11.0. The zero-order valence-electron chi connectivity index (χ0n) is 15.1. The lowest BCUT2D eigenvalue weighted by Gasteiger charge is -2.22. The molecule has 0 saturated heterocycles. The summed E-state index contributed by atoms with van der Waals surface area (Å²) in [6.45, 7) is 1.67. The maximum absolute atomic E-state index is 14.2. The summed E-state index contributed by atoms with van der Waals surface area (Å²) < 4.78 is 27.8. The Labute approximate surface area is 167 Å². The van der Waals surface area contributed by atoms with Gasteiger partial charge in [-0.25, -0.2) is 18.7 Å². The number of H-pyrrole nitrogens is 1. The average Bonchev–Trinajstić information content (AvgIpc) is 3.15. The molecule has 0 atom stereocenters. The quantitative estimate of drug-likeness (QED) is 0.553. The third-order valence-corrected chi connectivity index (χ3v) is 5.35. The first-order chi connectivity index (χ1) is 14.0. The van der Waals surface area contributed by atoms with Crippen molar-refractivity contribution in [2.45, 2.75) is 13.5 Å². The van der Waals surface area contributed by atoms with Crippen molar-refractivity contribution >= 4 is 34.0 Å². The van der Waals surface area contributed by atoms with Gasteiger partial charge in [-0.1, -0.05) is 6.07 Å². The van der Waals surface area contributed by atoms with Crippen LogP contribution in [0.1, 0.15) is 20.9 Å². The van der Waals surface area contributed by atoms with Gasteiger partial charge in [0.25, 0.3) is 5.91 Å². The van der Waals surface area contributed by atoms with Gasteiger partial charge in [0.15, 0.2) is 11.6 Å². The second kappa shape index (κ2) is 7.51. The van der Waals surface area contributed by atoms with Gasteiger partial charge in [-0.05, 0) is 36.8 Å². The molecule has 1 amide bonds. The predicted molar refractivity (Wildman–Crippen MR) is 106 cm³/mol. The number of fused-ring (bicyclic) bond motifs is 1. The van der Waals surface area contributed by atoms with Gasteiger partial charge in [-0.2, -0.15) is 0 Å². The van der Waals surface area contributed by atoms with Gasteiger partial charge in [0.1, 0.15) is 10.7 Å². The van der Waals surface area contributed by atoms with Gasteiger partial charge >= 0.3 is 0 Å². The van der Waals surface area contributed by atoms with Crippen LogP contribution < -0.4 is 10.5 Å². The lowest BCUT2D eigenvalue weighted by molar-refractivity contribution is 0.0987. The molecule has 4 rings (SSSR count). The van der Waals surface area contributed by atoms with Crippen molar-refractivity contribution in [1.82, 2.24) is 15.0 Å². The molecule has 4 aromatic rings. The number of carbonyl (C=O) groups excluding carboxylic acids is 1. The van der Waals surface area contributed by atoms with Crippen molar-refractivity contribution < 1.29 is 13.6 Å². The Bertz CT molecular complexity index is 1270. The third-order valence-electron chi connectivity index (χ3n) is 4.43. The van der Waals surface area contributed by atoms with Crippen LogP contribution in [-0.4, -0.2) is 20.9 Å². The van der Waals surface area contributed by atoms with Crippen molar-refractivity contribution in [3.63, 3.8) is 0 Å². The second-order valence-electron chi connectivity index (χ2n) is 6.29. The Morgan fingerprint density at radius 2 is 2.03 bits per heavy atom. The van der Waals surface area contributed by atoms with Gasteiger partial charge in [-0.15, -0.1) is 11.3 Å². The molecular formula is C20H14F2N4O2S. The van der Waals surface area contributed by atoms with E-state index in [-0.39, 0.29) is 18.0 Å². The third kappa shape index (κ3) is 3.52. The molecule has 0 aliphatic rings. The minimum atomic E-state index is -1.14. The summed E-state index contributed by atoms with van der Waals surface area (Å²) in [6, 6.07) is 8.72. The van der Waals surface area contributed by atoms with Crippen LogP contribution in [0, 0.1) is 18.6 Å². The van der Waals surface area contributed by atoms with Crippen LogP contribution in [-0.2, 0) is 6.54 Å². The molecule has 0 aliphatic carbocycles. The molecule has 0 aliphatic heterocycles. The number of rotatable bonds is 4. The molecule has 3 aromatic heterocycles. The summed E-state index contributed by atoms with van der Waals surface area (Å²) in [5.74, 6) is -2.19. The van der Waals surface area contributed by atoms with Gasteiger partial charge in [-0.3, -0.25) is 14.5 Å². The van der Waals surface area contributed by atoms with E-state index in [0.717, 1.165) is 6.07 Å². The first kappa shape index (κ1) is 18.9. The molecule has 29 heavy (non-hydrogen) atoms. The highest BCUT2D eigenvalue weighted by atomic mass is 32.1. The van der Waals surface area contributed by atoms with E-state index in [4.69, 9.17) is 0 Å². The maximum Gasteiger partial charge on any atom is 0.271 e. The number of nitrogens with zero attached hydrogens (tertiary/aromatic N) is 3. The number of aromatic nitrogens is 3. The van der Waals surface area contributed by atoms with Crippen molar-refractivity contribution in [2.24, 2.45) is 0 Å². The monoisotopic (exact) mass is 412 g/mol. The van der Waals surface area contributed by atoms with E-state index >= 15 is 0 Å². The molecule has 0 fully saturated rings. The topological polar surface area (TPSA) is 79.0 Å². The van der Waals surface area contributed by atoms with Crippen molar-refractivity contribution in [1.29, 1.82) is 0 Å². The average molecular weight is 412 g/mol. The van der Waals surface area contributed by atoms with Crippen LogP contribution in [0.3, 0.4) is 0 Å².